The molecule has 0 spiro atoms. The molecule has 0 aliphatic rings. The number of nitrogens with two attached hydrogens (primary N) is 1. The van der Waals surface area contributed by atoms with Crippen molar-refractivity contribution in [3.8, 4) is 11.5 Å². The maximum absolute atomic E-state index is 5.75. The van der Waals surface area contributed by atoms with E-state index in [-0.39, 0.29) is 0 Å². The van der Waals surface area contributed by atoms with Gasteiger partial charge in [-0.15, -0.1) is 0 Å². The quantitative estimate of drug-likeness (QED) is 0.851. The molecule has 0 aliphatic heterocycles. The van der Waals surface area contributed by atoms with Crippen LogP contribution in [0.4, 0.5) is 0 Å². The van der Waals surface area contributed by atoms with Crippen molar-refractivity contribution in [1.82, 2.24) is 0 Å². The van der Waals surface area contributed by atoms with E-state index in [1.165, 1.54) is 0 Å². The number of methoxy groups -OCH3 is 1. The molecule has 0 atom stereocenters. The molecular formula is C15H15NO2S. The first-order chi connectivity index (χ1) is 9.20. The van der Waals surface area contributed by atoms with Gasteiger partial charge >= 0.3 is 0 Å². The lowest BCUT2D eigenvalue weighted by Crippen LogP contribution is -2.11. The lowest BCUT2D eigenvalue weighted by molar-refractivity contribution is 0.305. The third kappa shape index (κ3) is 3.45. The van der Waals surface area contributed by atoms with Crippen molar-refractivity contribution < 1.29 is 9.47 Å². The monoisotopic (exact) mass is 273 g/mol. The van der Waals surface area contributed by atoms with E-state index < -0.39 is 0 Å². The van der Waals surface area contributed by atoms with Crippen LogP contribution in [0.2, 0.25) is 0 Å². The molecule has 4 heteroatoms. The van der Waals surface area contributed by atoms with Crippen LogP contribution < -0.4 is 15.2 Å². The molecule has 0 saturated carbocycles. The van der Waals surface area contributed by atoms with Crippen LogP contribution >= 0.6 is 12.2 Å². The molecule has 0 amide bonds. The second kappa shape index (κ2) is 6.20. The SMILES string of the molecule is COc1ccc(COc2ccccc2C(N)=S)cc1. The zero-order chi connectivity index (χ0) is 13.7. The van der Waals surface area contributed by atoms with E-state index in [9.17, 15) is 0 Å². The van der Waals surface area contributed by atoms with Gasteiger partial charge in [-0.05, 0) is 29.8 Å². The highest BCUT2D eigenvalue weighted by Crippen LogP contribution is 2.20. The van der Waals surface area contributed by atoms with E-state index >= 15 is 0 Å². The Kier molecular flexibility index (Phi) is 4.36. The molecule has 0 radical (unpaired) electrons. The van der Waals surface area contributed by atoms with Gasteiger partial charge in [0.25, 0.3) is 0 Å². The molecule has 98 valence electrons. The van der Waals surface area contributed by atoms with Gasteiger partial charge in [0.05, 0.1) is 12.7 Å². The molecule has 19 heavy (non-hydrogen) atoms. The van der Waals surface area contributed by atoms with Crippen molar-refractivity contribution in [3.05, 3.63) is 59.7 Å². The van der Waals surface area contributed by atoms with Crippen molar-refractivity contribution >= 4 is 17.2 Å². The second-order valence-corrected chi connectivity index (χ2v) is 4.44. The summed E-state index contributed by atoms with van der Waals surface area (Å²) in [4.78, 5) is 0.338. The Morgan fingerprint density at radius 1 is 1.11 bits per heavy atom. The number of rotatable bonds is 5. The number of para-hydroxylation sites is 1. The van der Waals surface area contributed by atoms with Gasteiger partial charge < -0.3 is 15.2 Å². The van der Waals surface area contributed by atoms with Gasteiger partial charge in [-0.1, -0.05) is 36.5 Å². The number of hydrogen-bond donors (Lipinski definition) is 1. The Balaban J connectivity index is 2.07. The molecule has 2 aromatic rings. The van der Waals surface area contributed by atoms with Crippen molar-refractivity contribution in [3.63, 3.8) is 0 Å². The van der Waals surface area contributed by atoms with Crippen LogP contribution in [0.25, 0.3) is 0 Å². The summed E-state index contributed by atoms with van der Waals surface area (Å²) in [7, 11) is 1.64. The first-order valence-electron chi connectivity index (χ1n) is 5.85. The van der Waals surface area contributed by atoms with Gasteiger partial charge in [-0.3, -0.25) is 0 Å². The highest BCUT2D eigenvalue weighted by Gasteiger charge is 2.05. The van der Waals surface area contributed by atoms with Crippen molar-refractivity contribution in [1.29, 1.82) is 0 Å². The summed E-state index contributed by atoms with van der Waals surface area (Å²) in [6, 6.07) is 15.2. The van der Waals surface area contributed by atoms with Crippen molar-refractivity contribution in [2.75, 3.05) is 7.11 Å². The maximum Gasteiger partial charge on any atom is 0.129 e. The van der Waals surface area contributed by atoms with Crippen LogP contribution in [0, 0.1) is 0 Å². The number of thiocarbonyl (C=S) groups is 1. The molecule has 2 N–H and O–H groups in total. The maximum atomic E-state index is 5.75. The molecule has 0 fully saturated rings. The molecule has 0 bridgehead atoms. The fraction of sp³-hybridized carbons (Fsp3) is 0.133. The zero-order valence-electron chi connectivity index (χ0n) is 10.6. The summed E-state index contributed by atoms with van der Waals surface area (Å²) in [5.41, 5.74) is 7.47. The van der Waals surface area contributed by atoms with Gasteiger partial charge in [0.15, 0.2) is 0 Å². The Morgan fingerprint density at radius 2 is 1.79 bits per heavy atom. The third-order valence-electron chi connectivity index (χ3n) is 2.71. The molecule has 2 rings (SSSR count). The normalized spacial score (nSPS) is 9.95. The fourth-order valence-corrected chi connectivity index (χ4v) is 1.85. The molecular weight excluding hydrogens is 258 g/mol. The fourth-order valence-electron chi connectivity index (χ4n) is 1.68. The number of hydrogen-bond acceptors (Lipinski definition) is 3. The van der Waals surface area contributed by atoms with Gasteiger partial charge in [0.1, 0.15) is 23.1 Å². The van der Waals surface area contributed by atoms with E-state index in [1.54, 1.807) is 7.11 Å². The van der Waals surface area contributed by atoms with E-state index in [1.807, 2.05) is 48.5 Å². The number of benzene rings is 2. The Hall–Kier alpha value is -2.07. The third-order valence-corrected chi connectivity index (χ3v) is 2.93. The summed E-state index contributed by atoms with van der Waals surface area (Å²) in [6.07, 6.45) is 0. The molecule has 0 saturated heterocycles. The van der Waals surface area contributed by atoms with Crippen LogP contribution in [0.15, 0.2) is 48.5 Å². The van der Waals surface area contributed by atoms with Crippen LogP contribution in [0.1, 0.15) is 11.1 Å². The standard InChI is InChI=1S/C15H15NO2S/c1-17-12-8-6-11(7-9-12)10-18-14-5-3-2-4-13(14)15(16)19/h2-9H,10H2,1H3,(H2,16,19). The summed E-state index contributed by atoms with van der Waals surface area (Å²) in [6.45, 7) is 0.462. The minimum Gasteiger partial charge on any atom is -0.497 e. The Morgan fingerprint density at radius 3 is 2.42 bits per heavy atom. The van der Waals surface area contributed by atoms with E-state index in [0.29, 0.717) is 17.3 Å². The van der Waals surface area contributed by atoms with Gasteiger partial charge in [0, 0.05) is 0 Å². The van der Waals surface area contributed by atoms with Crippen LogP contribution in [0.5, 0.6) is 11.5 Å². The minimum absolute atomic E-state index is 0.338. The molecule has 0 unspecified atom stereocenters. The molecule has 2 aromatic carbocycles. The highest BCUT2D eigenvalue weighted by molar-refractivity contribution is 7.80. The number of ether oxygens (including phenoxy) is 2. The average Bonchev–Trinajstić information content (AvgIpc) is 2.46. The summed E-state index contributed by atoms with van der Waals surface area (Å²) >= 11 is 4.99. The van der Waals surface area contributed by atoms with Crippen molar-refractivity contribution in [2.45, 2.75) is 6.61 Å². The second-order valence-electron chi connectivity index (χ2n) is 4.00. The molecule has 0 heterocycles. The van der Waals surface area contributed by atoms with Gasteiger partial charge in [0.2, 0.25) is 0 Å². The largest absolute Gasteiger partial charge is 0.497 e. The van der Waals surface area contributed by atoms with Gasteiger partial charge in [-0.25, -0.2) is 0 Å². The summed E-state index contributed by atoms with van der Waals surface area (Å²) in [5.74, 6) is 1.53. The van der Waals surface area contributed by atoms with Gasteiger partial charge in [-0.2, -0.15) is 0 Å². The zero-order valence-corrected chi connectivity index (χ0v) is 11.4. The summed E-state index contributed by atoms with van der Waals surface area (Å²) < 4.78 is 10.9. The van der Waals surface area contributed by atoms with Crippen LogP contribution in [0.3, 0.4) is 0 Å². The average molecular weight is 273 g/mol. The smallest absolute Gasteiger partial charge is 0.129 e. The highest BCUT2D eigenvalue weighted by atomic mass is 32.1. The predicted molar refractivity (Wildman–Crippen MR) is 79.7 cm³/mol. The molecule has 3 nitrogen and oxygen atoms in total. The Labute approximate surface area is 118 Å². The first-order valence-corrected chi connectivity index (χ1v) is 6.26. The van der Waals surface area contributed by atoms with Crippen molar-refractivity contribution in [2.24, 2.45) is 5.73 Å². The molecule has 0 aliphatic carbocycles. The lowest BCUT2D eigenvalue weighted by atomic mass is 10.2. The Bertz CT molecular complexity index is 567. The van der Waals surface area contributed by atoms with E-state index in [0.717, 1.165) is 16.9 Å². The molecule has 0 aromatic heterocycles. The van der Waals surface area contributed by atoms with Crippen LogP contribution in [-0.4, -0.2) is 12.1 Å². The van der Waals surface area contributed by atoms with E-state index in [2.05, 4.69) is 0 Å². The lowest BCUT2D eigenvalue weighted by Gasteiger charge is -2.10. The predicted octanol–water partition coefficient (Wildman–Crippen LogP) is 2.91. The van der Waals surface area contributed by atoms with Crippen LogP contribution in [-0.2, 0) is 6.61 Å². The van der Waals surface area contributed by atoms with E-state index in [4.69, 9.17) is 27.4 Å². The summed E-state index contributed by atoms with van der Waals surface area (Å²) in [5, 5.41) is 0. The topological polar surface area (TPSA) is 44.5 Å². The first kappa shape index (κ1) is 13.4. The minimum atomic E-state index is 0.338.